The summed E-state index contributed by atoms with van der Waals surface area (Å²) in [7, 11) is -5.17. The molecule has 0 rings (SSSR count). The molecule has 0 aliphatic heterocycles. The molecule has 0 aromatic heterocycles. The summed E-state index contributed by atoms with van der Waals surface area (Å²) >= 11 is 0. The third-order valence-electron chi connectivity index (χ3n) is 0. The summed E-state index contributed by atoms with van der Waals surface area (Å²) in [6, 6.07) is 0. The van der Waals surface area contributed by atoms with Crippen molar-refractivity contribution in [3.63, 3.8) is 0 Å². The van der Waals surface area contributed by atoms with Crippen molar-refractivity contribution in [3.05, 3.63) is 0 Å². The van der Waals surface area contributed by atoms with Gasteiger partial charge in [0.05, 0.1) is 0 Å². The number of hydrogen-bond acceptors (Lipinski definition) is 4. The molecule has 0 aromatic carbocycles. The maximum atomic E-state index is 8.52. The van der Waals surface area contributed by atoms with Crippen LogP contribution in [0.25, 0.3) is 0 Å². The second-order valence-corrected chi connectivity index (χ2v) is 1.22. The monoisotopic (exact) mass is 360 g/mol. The van der Waals surface area contributed by atoms with Crippen LogP contribution >= 0.6 is 0 Å². The molecule has 0 N–H and O–H groups in total. The van der Waals surface area contributed by atoms with E-state index in [1.807, 2.05) is 0 Å². The van der Waals surface area contributed by atoms with E-state index in [4.69, 9.17) is 17.5 Å². The van der Waals surface area contributed by atoms with Gasteiger partial charge < -0.3 is 21.5 Å². The molecule has 4 nitrogen and oxygen atoms in total. The summed E-state index contributed by atoms with van der Waals surface area (Å²) in [5, 5.41) is 0. The molecule has 0 bridgehead atoms. The molecule has 0 aromatic rings. The number of hydrogen-bond donors (Lipinski definition) is 0. The fraction of sp³-hybridized carbons (Fsp3) is 0. The van der Waals surface area contributed by atoms with Crippen molar-refractivity contribution in [1.29, 1.82) is 0 Å². The third-order valence-corrected chi connectivity index (χ3v) is 0. The van der Waals surface area contributed by atoms with Gasteiger partial charge in [-0.2, -0.15) is 0 Å². The normalized spacial score (nSPS) is 6.44. The summed E-state index contributed by atoms with van der Waals surface area (Å²) in [4.78, 5) is 0. The van der Waals surface area contributed by atoms with Crippen LogP contribution in [0.1, 0.15) is 0 Å². The summed E-state index contributed by atoms with van der Waals surface area (Å²) in [6.45, 7) is 0. The molecule has 9 heavy (non-hydrogen) atoms. The SMILES string of the molecule is O=S(=O)([O-])[O-].[Cd+2].[Cl-].[Cr+3].[Cu+2]. The van der Waals surface area contributed by atoms with E-state index < -0.39 is 10.4 Å². The van der Waals surface area contributed by atoms with E-state index in [2.05, 4.69) is 0 Å². The minimum atomic E-state index is -5.17. The molecule has 0 heterocycles. The van der Waals surface area contributed by atoms with Crippen LogP contribution in [0.15, 0.2) is 0 Å². The standard InChI is InChI=1S/Cd.ClH.Cr.Cu.H2O4S/c;;;;1-5(2,3)4/h;1H;;;(H2,1,2,3,4)/q+2;;+3;+2;/p-3. The zero-order valence-electron chi connectivity index (χ0n) is 3.84. The van der Waals surface area contributed by atoms with Crippen molar-refractivity contribution in [1.82, 2.24) is 0 Å². The third kappa shape index (κ3) is 147. The minimum absolute atomic E-state index is 0. The van der Waals surface area contributed by atoms with Gasteiger partial charge in [0, 0.05) is 10.4 Å². The first-order chi connectivity index (χ1) is 2.00. The molecule has 0 amide bonds. The zero-order valence-corrected chi connectivity index (χ0v) is 11.7. The smallest absolute Gasteiger partial charge is 1.00 e. The number of halogens is 1. The van der Waals surface area contributed by atoms with Crippen LogP contribution in [0.3, 0.4) is 0 Å². The van der Waals surface area contributed by atoms with E-state index in [1.165, 1.54) is 0 Å². The maximum absolute atomic E-state index is 8.52. The average molecular weight is 359 g/mol. The van der Waals surface area contributed by atoms with Gasteiger partial charge in [0.25, 0.3) is 0 Å². The molecular weight excluding hydrogens is 359 g/mol. The van der Waals surface area contributed by atoms with E-state index >= 15 is 0 Å². The maximum Gasteiger partial charge on any atom is 3.00 e. The predicted octanol–water partition coefficient (Wildman–Crippen LogP) is -4.34. The Morgan fingerprint density at radius 2 is 1.11 bits per heavy atom. The van der Waals surface area contributed by atoms with Crippen molar-refractivity contribution in [2.75, 3.05) is 0 Å². The van der Waals surface area contributed by atoms with Crippen molar-refractivity contribution in [2.45, 2.75) is 0 Å². The van der Waals surface area contributed by atoms with Gasteiger partial charge in [-0.1, -0.05) is 0 Å². The molecule has 0 atom stereocenters. The van der Waals surface area contributed by atoms with E-state index in [0.717, 1.165) is 0 Å². The van der Waals surface area contributed by atoms with Gasteiger partial charge in [0.2, 0.25) is 0 Å². The Hall–Kier alpha value is 2.13. The van der Waals surface area contributed by atoms with Gasteiger partial charge in [-0.15, -0.1) is 0 Å². The van der Waals surface area contributed by atoms with Crippen molar-refractivity contribution in [2.24, 2.45) is 0 Å². The van der Waals surface area contributed by atoms with Crippen LogP contribution in [-0.4, -0.2) is 17.5 Å². The quantitative estimate of drug-likeness (QED) is 0.249. The molecule has 0 saturated heterocycles. The second kappa shape index (κ2) is 12.8. The first-order valence-corrected chi connectivity index (χ1v) is 2.00. The molecule has 0 aliphatic carbocycles. The Morgan fingerprint density at radius 3 is 1.11 bits per heavy atom. The molecule has 0 saturated carbocycles. The van der Waals surface area contributed by atoms with Crippen molar-refractivity contribution >= 4 is 10.4 Å². The molecule has 0 aliphatic rings. The average Bonchev–Trinajstić information content (AvgIpc) is 0.722. The van der Waals surface area contributed by atoms with Crippen molar-refractivity contribution < 1.29 is 91.7 Å². The predicted molar refractivity (Wildman–Crippen MR) is 10.5 cm³/mol. The van der Waals surface area contributed by atoms with Gasteiger partial charge in [0.15, 0.2) is 0 Å². The summed E-state index contributed by atoms with van der Waals surface area (Å²) in [5.74, 6) is 0. The first-order valence-electron chi connectivity index (χ1n) is 0.667. The van der Waals surface area contributed by atoms with Crippen LogP contribution < -0.4 is 12.4 Å². The summed E-state index contributed by atoms with van der Waals surface area (Å²) < 4.78 is 34.1. The Kier molecular flexibility index (Phi) is 43.1. The molecule has 52 valence electrons. The van der Waals surface area contributed by atoms with Crippen LogP contribution in [0.2, 0.25) is 0 Å². The van der Waals surface area contributed by atoms with Gasteiger partial charge >= 0.3 is 61.7 Å². The largest absolute Gasteiger partial charge is 3.00 e. The number of rotatable bonds is 0. The van der Waals surface area contributed by atoms with Gasteiger partial charge in [0.1, 0.15) is 0 Å². The summed E-state index contributed by atoms with van der Waals surface area (Å²) in [6.07, 6.45) is 0. The minimum Gasteiger partial charge on any atom is -1.00 e. The van der Waals surface area contributed by atoms with E-state index in [1.54, 1.807) is 0 Å². The molecule has 0 fully saturated rings. The fourth-order valence-corrected chi connectivity index (χ4v) is 0. The van der Waals surface area contributed by atoms with Crippen LogP contribution in [0, 0.1) is 0 Å². The first kappa shape index (κ1) is 30.4. The fourth-order valence-electron chi connectivity index (χ4n) is 0. The Morgan fingerprint density at radius 1 is 1.11 bits per heavy atom. The van der Waals surface area contributed by atoms with Crippen molar-refractivity contribution in [3.8, 4) is 0 Å². The van der Waals surface area contributed by atoms with E-state index in [-0.39, 0.29) is 74.1 Å². The van der Waals surface area contributed by atoms with Crippen LogP contribution in [-0.2, 0) is 72.1 Å². The zero-order chi connectivity index (χ0) is 4.50. The van der Waals surface area contributed by atoms with Gasteiger partial charge in [-0.3, -0.25) is 8.42 Å². The topological polar surface area (TPSA) is 80.3 Å². The Labute approximate surface area is 101 Å². The molecule has 0 unspecified atom stereocenters. The molecule has 2 radical (unpaired) electrons. The Balaban J connectivity index is -0.0000000133. The van der Waals surface area contributed by atoms with Gasteiger partial charge in [-0.25, -0.2) is 0 Å². The molecular formula is CdClCrCuO4S+4. The second-order valence-electron chi connectivity index (χ2n) is 0.408. The van der Waals surface area contributed by atoms with E-state index in [9.17, 15) is 0 Å². The Bertz CT molecular complexity index is 104. The van der Waals surface area contributed by atoms with E-state index in [0.29, 0.717) is 0 Å². The summed E-state index contributed by atoms with van der Waals surface area (Å²) in [5.41, 5.74) is 0. The van der Waals surface area contributed by atoms with Crippen LogP contribution in [0.5, 0.6) is 0 Å². The van der Waals surface area contributed by atoms with Crippen LogP contribution in [0.4, 0.5) is 0 Å². The van der Waals surface area contributed by atoms with Gasteiger partial charge in [-0.05, 0) is 0 Å². The molecule has 0 spiro atoms. The molecule has 9 heteroatoms.